The van der Waals surface area contributed by atoms with Crippen LogP contribution in [0.25, 0.3) is 0 Å². The van der Waals surface area contributed by atoms with Gasteiger partial charge in [-0.2, -0.15) is 0 Å². The first kappa shape index (κ1) is 22.7. The summed E-state index contributed by atoms with van der Waals surface area (Å²) in [6, 6.07) is 6.20. The van der Waals surface area contributed by atoms with Gasteiger partial charge in [0.05, 0.1) is 23.9 Å². The zero-order chi connectivity index (χ0) is 22.1. The number of halogens is 1. The highest BCUT2D eigenvalue weighted by molar-refractivity contribution is 14.1. The molecule has 1 aromatic heterocycles. The number of ether oxygens (including phenoxy) is 2. The predicted octanol–water partition coefficient (Wildman–Crippen LogP) is 5.40. The first-order valence-corrected chi connectivity index (χ1v) is 11.6. The van der Waals surface area contributed by atoms with E-state index in [9.17, 15) is 4.79 Å². The number of methoxy groups -OCH3 is 1. The van der Waals surface area contributed by atoms with Crippen molar-refractivity contribution < 1.29 is 14.3 Å². The normalized spacial score (nSPS) is 13.2. The Kier molecular flexibility index (Phi) is 6.79. The van der Waals surface area contributed by atoms with Gasteiger partial charge in [-0.25, -0.2) is 4.79 Å². The van der Waals surface area contributed by atoms with Crippen molar-refractivity contribution in [1.82, 2.24) is 4.98 Å². The summed E-state index contributed by atoms with van der Waals surface area (Å²) in [6.45, 7) is 10.9. The number of hydrogen-bond donors (Lipinski definition) is 0. The molecule has 0 atom stereocenters. The van der Waals surface area contributed by atoms with E-state index in [1.54, 1.807) is 18.2 Å². The third-order valence-corrected chi connectivity index (χ3v) is 6.01. The zero-order valence-corrected chi connectivity index (χ0v) is 20.7. The van der Waals surface area contributed by atoms with Gasteiger partial charge in [0.25, 0.3) is 0 Å². The van der Waals surface area contributed by atoms with Crippen molar-refractivity contribution in [3.8, 4) is 5.75 Å². The van der Waals surface area contributed by atoms with E-state index in [1.807, 2.05) is 40.7 Å². The van der Waals surface area contributed by atoms with Crippen LogP contribution < -0.4 is 14.5 Å². The fourth-order valence-electron chi connectivity index (χ4n) is 3.68. The highest BCUT2D eigenvalue weighted by atomic mass is 127. The van der Waals surface area contributed by atoms with Gasteiger partial charge in [-0.15, -0.1) is 0 Å². The maximum absolute atomic E-state index is 13.2. The van der Waals surface area contributed by atoms with Crippen molar-refractivity contribution in [2.45, 2.75) is 53.2 Å². The molecule has 7 heteroatoms. The predicted molar refractivity (Wildman–Crippen MR) is 129 cm³/mol. The number of hydrogen-bond acceptors (Lipinski definition) is 5. The average molecular weight is 523 g/mol. The van der Waals surface area contributed by atoms with Gasteiger partial charge in [0.1, 0.15) is 11.4 Å². The standard InChI is InChI=1S/C23H30IN3O3/c1-15-12-25-19(16(2)21(15)29-6)13-27(22(28)30-23(3,4)5)18-8-7-17-9-10-26(14-24)20(17)11-18/h7-8,11-12H,9-10,13-14H2,1-6H3. The van der Waals surface area contributed by atoms with E-state index in [-0.39, 0.29) is 6.09 Å². The SMILES string of the molecule is COc1c(C)cnc(CN(C(=O)OC(C)(C)C)c2ccc3c(c2)N(CI)CC3)c1C. The number of anilines is 2. The lowest BCUT2D eigenvalue weighted by molar-refractivity contribution is 0.0577. The number of carbonyl (C=O) groups is 1. The highest BCUT2D eigenvalue weighted by Gasteiger charge is 2.27. The molecule has 0 saturated heterocycles. The molecule has 0 spiro atoms. The lowest BCUT2D eigenvalue weighted by atomic mass is 10.1. The zero-order valence-electron chi connectivity index (χ0n) is 18.6. The quantitative estimate of drug-likeness (QED) is 0.298. The third-order valence-electron chi connectivity index (χ3n) is 5.19. The molecule has 0 N–H and O–H groups in total. The molecule has 1 aromatic carbocycles. The summed E-state index contributed by atoms with van der Waals surface area (Å²) in [5.41, 5.74) is 5.40. The van der Waals surface area contributed by atoms with Crippen LogP contribution in [0.4, 0.5) is 16.2 Å². The largest absolute Gasteiger partial charge is 0.496 e. The first-order chi connectivity index (χ1) is 14.1. The first-order valence-electron chi connectivity index (χ1n) is 10.1. The van der Waals surface area contributed by atoms with Crippen LogP contribution in [0, 0.1) is 13.8 Å². The van der Waals surface area contributed by atoms with Crippen LogP contribution in [-0.4, -0.2) is 34.9 Å². The van der Waals surface area contributed by atoms with Crippen molar-refractivity contribution in [2.24, 2.45) is 0 Å². The number of aromatic nitrogens is 1. The molecule has 0 aliphatic carbocycles. The van der Waals surface area contributed by atoms with Crippen LogP contribution >= 0.6 is 22.6 Å². The number of nitrogens with zero attached hydrogens (tertiary/aromatic N) is 3. The summed E-state index contributed by atoms with van der Waals surface area (Å²) in [5, 5.41) is 0. The fourth-order valence-corrected chi connectivity index (χ4v) is 4.39. The number of pyridine rings is 1. The van der Waals surface area contributed by atoms with Gasteiger partial charge in [0, 0.05) is 35.2 Å². The van der Waals surface area contributed by atoms with Gasteiger partial charge < -0.3 is 14.4 Å². The Bertz CT molecular complexity index is 940. The molecule has 3 rings (SSSR count). The van der Waals surface area contributed by atoms with Gasteiger partial charge >= 0.3 is 6.09 Å². The third kappa shape index (κ3) is 4.82. The second-order valence-electron chi connectivity index (χ2n) is 8.56. The molecule has 0 fully saturated rings. The topological polar surface area (TPSA) is 54.9 Å². The number of benzene rings is 1. The second kappa shape index (κ2) is 8.99. The van der Waals surface area contributed by atoms with Crippen molar-refractivity contribution in [1.29, 1.82) is 0 Å². The number of fused-ring (bicyclic) bond motifs is 1. The molecule has 1 aliphatic rings. The number of amides is 1. The van der Waals surface area contributed by atoms with Crippen LogP contribution in [0.5, 0.6) is 5.75 Å². The molecule has 0 radical (unpaired) electrons. The molecular weight excluding hydrogens is 493 g/mol. The van der Waals surface area contributed by atoms with E-state index in [4.69, 9.17) is 9.47 Å². The second-order valence-corrected chi connectivity index (χ2v) is 9.24. The monoisotopic (exact) mass is 523 g/mol. The molecule has 0 bridgehead atoms. The van der Waals surface area contributed by atoms with Crippen molar-refractivity contribution in [3.63, 3.8) is 0 Å². The Labute approximate surface area is 192 Å². The summed E-state index contributed by atoms with van der Waals surface area (Å²) in [5.74, 6) is 0.800. The summed E-state index contributed by atoms with van der Waals surface area (Å²) in [4.78, 5) is 21.8. The Hall–Kier alpha value is -2.03. The number of alkyl halides is 1. The summed E-state index contributed by atoms with van der Waals surface area (Å²) < 4.78 is 12.2. The van der Waals surface area contributed by atoms with E-state index in [1.165, 1.54) is 11.3 Å². The van der Waals surface area contributed by atoms with Crippen LogP contribution in [-0.2, 0) is 17.7 Å². The van der Waals surface area contributed by atoms with Crippen LogP contribution in [0.2, 0.25) is 0 Å². The van der Waals surface area contributed by atoms with Gasteiger partial charge in [0.15, 0.2) is 0 Å². The van der Waals surface area contributed by atoms with E-state index in [0.29, 0.717) is 6.54 Å². The van der Waals surface area contributed by atoms with Crippen molar-refractivity contribution >= 4 is 40.1 Å². The lowest BCUT2D eigenvalue weighted by Gasteiger charge is -2.28. The molecule has 6 nitrogen and oxygen atoms in total. The van der Waals surface area contributed by atoms with E-state index >= 15 is 0 Å². The number of rotatable bonds is 5. The van der Waals surface area contributed by atoms with E-state index < -0.39 is 5.60 Å². The van der Waals surface area contributed by atoms with E-state index in [0.717, 1.165) is 45.8 Å². The Morgan fingerprint density at radius 2 is 2.03 bits per heavy atom. The molecule has 1 amide bonds. The van der Waals surface area contributed by atoms with Gasteiger partial charge in [-0.1, -0.05) is 28.7 Å². The highest BCUT2D eigenvalue weighted by Crippen LogP contribution is 2.34. The lowest BCUT2D eigenvalue weighted by Crippen LogP contribution is -2.37. The van der Waals surface area contributed by atoms with Crippen molar-refractivity contribution in [3.05, 3.63) is 46.8 Å². The fraction of sp³-hybridized carbons (Fsp3) is 0.478. The summed E-state index contributed by atoms with van der Waals surface area (Å²) in [6.07, 6.45) is 2.43. The van der Waals surface area contributed by atoms with Gasteiger partial charge in [0.2, 0.25) is 0 Å². The molecule has 2 aromatic rings. The van der Waals surface area contributed by atoms with Gasteiger partial charge in [-0.05, 0) is 58.7 Å². The molecule has 1 aliphatic heterocycles. The minimum Gasteiger partial charge on any atom is -0.496 e. The summed E-state index contributed by atoms with van der Waals surface area (Å²) in [7, 11) is 1.66. The van der Waals surface area contributed by atoms with Crippen molar-refractivity contribution in [2.75, 3.05) is 28.0 Å². The maximum Gasteiger partial charge on any atom is 0.415 e. The minimum absolute atomic E-state index is 0.306. The summed E-state index contributed by atoms with van der Waals surface area (Å²) >= 11 is 2.38. The molecule has 30 heavy (non-hydrogen) atoms. The molecule has 2 heterocycles. The van der Waals surface area contributed by atoms with Gasteiger partial charge in [-0.3, -0.25) is 9.88 Å². The number of carbonyl (C=O) groups excluding carboxylic acids is 1. The Balaban J connectivity index is 2.02. The minimum atomic E-state index is -0.590. The van der Waals surface area contributed by atoms with E-state index in [2.05, 4.69) is 44.6 Å². The van der Waals surface area contributed by atoms with Crippen LogP contribution in [0.1, 0.15) is 43.2 Å². The molecule has 162 valence electrons. The molecule has 0 saturated carbocycles. The Morgan fingerprint density at radius 3 is 2.67 bits per heavy atom. The van der Waals surface area contributed by atoms with Crippen LogP contribution in [0.15, 0.2) is 24.4 Å². The average Bonchev–Trinajstić information content (AvgIpc) is 3.08. The Morgan fingerprint density at radius 1 is 1.30 bits per heavy atom. The maximum atomic E-state index is 13.2. The molecule has 0 unspecified atom stereocenters. The smallest absolute Gasteiger partial charge is 0.415 e. The van der Waals surface area contributed by atoms with Crippen LogP contribution in [0.3, 0.4) is 0 Å². The number of aryl methyl sites for hydroxylation is 1. The molecular formula is C23H30IN3O3.